The summed E-state index contributed by atoms with van der Waals surface area (Å²) in [5, 5.41) is 11.4. The Morgan fingerprint density at radius 2 is 1.94 bits per heavy atom. The van der Waals surface area contributed by atoms with Crippen molar-refractivity contribution in [2.45, 2.75) is 25.3 Å². The predicted molar refractivity (Wildman–Crippen MR) is 67.3 cm³/mol. The molecule has 1 aromatic rings. The second-order valence-electron chi connectivity index (χ2n) is 4.66. The maximum atomic E-state index is 11.7. The predicted octanol–water partition coefficient (Wildman–Crippen LogP) is 1.45. The molecule has 1 atom stereocenters. The minimum absolute atomic E-state index is 0.190. The normalized spacial score (nSPS) is 16.1. The van der Waals surface area contributed by atoms with Gasteiger partial charge in [-0.15, -0.1) is 0 Å². The molecule has 5 heteroatoms. The zero-order chi connectivity index (χ0) is 13.1. The first kappa shape index (κ1) is 12.6. The molecule has 1 saturated carbocycles. The summed E-state index contributed by atoms with van der Waals surface area (Å²) in [6, 6.07) is 5.53. The molecule has 1 aromatic carbocycles. The molecule has 0 unspecified atom stereocenters. The van der Waals surface area contributed by atoms with Gasteiger partial charge in [0.2, 0.25) is 5.91 Å². The second-order valence-corrected chi connectivity index (χ2v) is 4.66. The van der Waals surface area contributed by atoms with Gasteiger partial charge in [-0.2, -0.15) is 0 Å². The van der Waals surface area contributed by atoms with Gasteiger partial charge in [-0.05, 0) is 36.6 Å². The average Bonchev–Trinajstić information content (AvgIpc) is 3.13. The summed E-state index contributed by atoms with van der Waals surface area (Å²) < 4.78 is 0. The zero-order valence-electron chi connectivity index (χ0n) is 9.93. The monoisotopic (exact) mass is 248 g/mol. The van der Waals surface area contributed by atoms with Crippen LogP contribution in [0.15, 0.2) is 24.3 Å². The molecule has 2 rings (SSSR count). The third-order valence-corrected chi connectivity index (χ3v) is 3.02. The van der Waals surface area contributed by atoms with Crippen molar-refractivity contribution in [3.05, 3.63) is 29.8 Å². The highest BCUT2D eigenvalue weighted by molar-refractivity contribution is 5.95. The van der Waals surface area contributed by atoms with Crippen LogP contribution in [0.1, 0.15) is 29.6 Å². The van der Waals surface area contributed by atoms with E-state index < -0.39 is 12.0 Å². The number of hydrogen-bond acceptors (Lipinski definition) is 3. The first-order valence-electron chi connectivity index (χ1n) is 5.96. The molecular formula is C13H16N2O3. The standard InChI is InChI=1S/C13H16N2O3/c14-11(7-8-1-2-8)12(16)15-10-5-3-9(4-6-10)13(17)18/h3-6,8,11H,1-2,7,14H2,(H,15,16)(H,17,18)/t11-/m0/s1. The number of carboxylic acids is 1. The van der Waals surface area contributed by atoms with Crippen LogP contribution in [-0.4, -0.2) is 23.0 Å². The summed E-state index contributed by atoms with van der Waals surface area (Å²) >= 11 is 0. The van der Waals surface area contributed by atoms with E-state index in [9.17, 15) is 9.59 Å². The number of carboxylic acid groups (broad SMARTS) is 1. The van der Waals surface area contributed by atoms with Crippen molar-refractivity contribution in [1.82, 2.24) is 0 Å². The van der Waals surface area contributed by atoms with E-state index in [0.29, 0.717) is 11.6 Å². The number of carbonyl (C=O) groups excluding carboxylic acids is 1. The van der Waals surface area contributed by atoms with Gasteiger partial charge in [-0.1, -0.05) is 12.8 Å². The van der Waals surface area contributed by atoms with Crippen molar-refractivity contribution in [3.63, 3.8) is 0 Å². The van der Waals surface area contributed by atoms with E-state index in [1.807, 2.05) is 0 Å². The molecule has 0 radical (unpaired) electrons. The third kappa shape index (κ3) is 3.30. The minimum Gasteiger partial charge on any atom is -0.478 e. The Labute approximate surface area is 105 Å². The molecule has 0 saturated heterocycles. The molecule has 1 fully saturated rings. The van der Waals surface area contributed by atoms with Crippen LogP contribution in [0.25, 0.3) is 0 Å². The first-order chi connectivity index (χ1) is 8.56. The maximum Gasteiger partial charge on any atom is 0.335 e. The number of nitrogens with two attached hydrogens (primary N) is 1. The highest BCUT2D eigenvalue weighted by Crippen LogP contribution is 2.33. The maximum absolute atomic E-state index is 11.7. The molecular weight excluding hydrogens is 232 g/mol. The Bertz CT molecular complexity index is 452. The molecule has 4 N–H and O–H groups in total. The topological polar surface area (TPSA) is 92.4 Å². The second kappa shape index (κ2) is 5.18. The van der Waals surface area contributed by atoms with E-state index in [0.717, 1.165) is 19.3 Å². The van der Waals surface area contributed by atoms with Gasteiger partial charge in [-0.3, -0.25) is 4.79 Å². The third-order valence-electron chi connectivity index (χ3n) is 3.02. The average molecular weight is 248 g/mol. The van der Waals surface area contributed by atoms with Gasteiger partial charge >= 0.3 is 5.97 Å². The van der Waals surface area contributed by atoms with Crippen LogP contribution in [-0.2, 0) is 4.79 Å². The molecule has 0 heterocycles. The Morgan fingerprint density at radius 1 is 1.33 bits per heavy atom. The highest BCUT2D eigenvalue weighted by atomic mass is 16.4. The summed E-state index contributed by atoms with van der Waals surface area (Å²) in [5.74, 6) is -0.608. The van der Waals surface area contributed by atoms with E-state index >= 15 is 0 Å². The van der Waals surface area contributed by atoms with Crippen LogP contribution in [0, 0.1) is 5.92 Å². The zero-order valence-corrected chi connectivity index (χ0v) is 9.93. The molecule has 5 nitrogen and oxygen atoms in total. The number of rotatable bonds is 5. The van der Waals surface area contributed by atoms with E-state index in [-0.39, 0.29) is 11.5 Å². The minimum atomic E-state index is -0.988. The number of benzene rings is 1. The van der Waals surface area contributed by atoms with Gasteiger partial charge < -0.3 is 16.2 Å². The number of carbonyl (C=O) groups is 2. The molecule has 0 spiro atoms. The molecule has 1 aliphatic rings. The van der Waals surface area contributed by atoms with Crippen molar-refractivity contribution in [2.75, 3.05) is 5.32 Å². The molecule has 1 aliphatic carbocycles. The van der Waals surface area contributed by atoms with Gasteiger partial charge in [-0.25, -0.2) is 4.79 Å². The summed E-state index contributed by atoms with van der Waals surface area (Å²) in [6.45, 7) is 0. The SMILES string of the molecule is N[C@@H](CC1CC1)C(=O)Nc1ccc(C(=O)O)cc1. The van der Waals surface area contributed by atoms with Crippen molar-refractivity contribution < 1.29 is 14.7 Å². The smallest absolute Gasteiger partial charge is 0.335 e. The fourth-order valence-corrected chi connectivity index (χ4v) is 1.75. The molecule has 1 amide bonds. The van der Waals surface area contributed by atoms with Crippen LogP contribution in [0.5, 0.6) is 0 Å². The van der Waals surface area contributed by atoms with E-state index in [4.69, 9.17) is 10.8 Å². The summed E-state index contributed by atoms with van der Waals surface area (Å²) in [5.41, 5.74) is 6.53. The van der Waals surface area contributed by atoms with E-state index in [1.54, 1.807) is 12.1 Å². The van der Waals surface area contributed by atoms with Crippen molar-refractivity contribution in [3.8, 4) is 0 Å². The van der Waals surface area contributed by atoms with Gasteiger partial charge in [0.05, 0.1) is 11.6 Å². The lowest BCUT2D eigenvalue weighted by Gasteiger charge is -2.11. The lowest BCUT2D eigenvalue weighted by Crippen LogP contribution is -2.35. The largest absolute Gasteiger partial charge is 0.478 e. The summed E-state index contributed by atoms with van der Waals surface area (Å²) in [6.07, 6.45) is 3.04. The van der Waals surface area contributed by atoms with Gasteiger partial charge in [0.1, 0.15) is 0 Å². The number of anilines is 1. The Kier molecular flexibility index (Phi) is 3.62. The summed E-state index contributed by atoms with van der Waals surface area (Å²) in [4.78, 5) is 22.4. The van der Waals surface area contributed by atoms with Gasteiger partial charge in [0, 0.05) is 5.69 Å². The number of nitrogens with one attached hydrogen (secondary N) is 1. The lowest BCUT2D eigenvalue weighted by atomic mass is 10.1. The van der Waals surface area contributed by atoms with Crippen molar-refractivity contribution in [2.24, 2.45) is 11.7 Å². The Hall–Kier alpha value is -1.88. The van der Waals surface area contributed by atoms with Crippen molar-refractivity contribution >= 4 is 17.6 Å². The van der Waals surface area contributed by atoms with Crippen LogP contribution < -0.4 is 11.1 Å². The van der Waals surface area contributed by atoms with Crippen LogP contribution in [0.2, 0.25) is 0 Å². The molecule has 0 aromatic heterocycles. The van der Waals surface area contributed by atoms with Crippen LogP contribution in [0.3, 0.4) is 0 Å². The lowest BCUT2D eigenvalue weighted by molar-refractivity contribution is -0.117. The molecule has 0 aliphatic heterocycles. The fourth-order valence-electron chi connectivity index (χ4n) is 1.75. The summed E-state index contributed by atoms with van der Waals surface area (Å²) in [7, 11) is 0. The number of hydrogen-bond donors (Lipinski definition) is 3. The van der Waals surface area contributed by atoms with E-state index in [2.05, 4.69) is 5.32 Å². The van der Waals surface area contributed by atoms with Crippen LogP contribution >= 0.6 is 0 Å². The quantitative estimate of drug-likeness (QED) is 0.735. The van der Waals surface area contributed by atoms with E-state index in [1.165, 1.54) is 12.1 Å². The van der Waals surface area contributed by atoms with Crippen LogP contribution in [0.4, 0.5) is 5.69 Å². The molecule has 18 heavy (non-hydrogen) atoms. The Morgan fingerprint density at radius 3 is 2.44 bits per heavy atom. The number of amides is 1. The van der Waals surface area contributed by atoms with Crippen molar-refractivity contribution in [1.29, 1.82) is 0 Å². The first-order valence-corrected chi connectivity index (χ1v) is 5.96. The fraction of sp³-hybridized carbons (Fsp3) is 0.385. The molecule has 0 bridgehead atoms. The highest BCUT2D eigenvalue weighted by Gasteiger charge is 2.26. The molecule has 96 valence electrons. The van der Waals surface area contributed by atoms with Gasteiger partial charge in [0.25, 0.3) is 0 Å². The number of aromatic carboxylic acids is 1. The van der Waals surface area contributed by atoms with Gasteiger partial charge in [0.15, 0.2) is 0 Å². The Balaban J connectivity index is 1.91.